The first-order chi connectivity index (χ1) is 37.2. The average Bonchev–Trinajstić information content (AvgIpc) is 3.41. The van der Waals surface area contributed by atoms with Crippen molar-refractivity contribution in [2.24, 2.45) is 0 Å². The standard InChI is InChI=1S/C64H113O11P/c1-4-7-10-13-16-19-22-25-28-30-33-35-38-41-44-47-50-53-62(66)71-57-61(75-64(68)55-52-49-46-43-40-37-34-31-29-26-23-20-17-14-11-8-5-2)59-73-76(69,70)72-58-60(56-65)74-63(67)54-51-48-45-42-39-36-32-27-24-21-18-15-12-9-6-3/h8,11,17-18,20-21,26-27,29,32,34,37,60-61,65H,4-7,9-10,12-16,19,22-25,28,30-31,33,35-36,38-59H2,1-3H3,(H,69,70)/b11-8-,20-17-,21-18-,29-26-,32-27-,37-34-. The monoisotopic (exact) mass is 1090 g/mol. The van der Waals surface area contributed by atoms with Gasteiger partial charge in [0.1, 0.15) is 12.7 Å². The summed E-state index contributed by atoms with van der Waals surface area (Å²) in [4.78, 5) is 48.7. The summed E-state index contributed by atoms with van der Waals surface area (Å²) in [7, 11) is -4.76. The summed E-state index contributed by atoms with van der Waals surface area (Å²) in [6.07, 6.45) is 65.7. The van der Waals surface area contributed by atoms with Gasteiger partial charge in [-0.25, -0.2) is 4.57 Å². The average molecular weight is 1090 g/mol. The van der Waals surface area contributed by atoms with E-state index >= 15 is 0 Å². The Morgan fingerprint density at radius 2 is 0.684 bits per heavy atom. The topological polar surface area (TPSA) is 155 Å². The maximum atomic E-state index is 12.9. The number of unbranched alkanes of at least 4 members (excludes halogenated alkanes) is 28. The molecule has 0 fully saturated rings. The Morgan fingerprint density at radius 1 is 0.382 bits per heavy atom. The van der Waals surface area contributed by atoms with Crippen LogP contribution < -0.4 is 0 Å². The summed E-state index contributed by atoms with van der Waals surface area (Å²) in [5.41, 5.74) is 0. The molecule has 0 amide bonds. The second-order valence-corrected chi connectivity index (χ2v) is 21.9. The minimum atomic E-state index is -4.76. The minimum absolute atomic E-state index is 0.139. The third-order valence-electron chi connectivity index (χ3n) is 13.1. The van der Waals surface area contributed by atoms with Crippen molar-refractivity contribution in [2.45, 2.75) is 290 Å². The molecular formula is C64H113O11P. The Morgan fingerprint density at radius 3 is 1.08 bits per heavy atom. The van der Waals surface area contributed by atoms with Gasteiger partial charge in [0.25, 0.3) is 0 Å². The lowest BCUT2D eigenvalue weighted by atomic mass is 10.0. The van der Waals surface area contributed by atoms with Gasteiger partial charge in [-0.05, 0) is 89.9 Å². The van der Waals surface area contributed by atoms with E-state index in [1.165, 1.54) is 103 Å². The molecule has 0 aliphatic carbocycles. The number of allylic oxidation sites excluding steroid dienone is 12. The molecule has 0 aliphatic heterocycles. The molecule has 0 heterocycles. The van der Waals surface area contributed by atoms with Crippen molar-refractivity contribution < 1.29 is 52.2 Å². The molecular weight excluding hydrogens is 976 g/mol. The molecule has 0 saturated heterocycles. The van der Waals surface area contributed by atoms with Gasteiger partial charge in [0.2, 0.25) is 0 Å². The van der Waals surface area contributed by atoms with Crippen LogP contribution >= 0.6 is 7.82 Å². The zero-order valence-electron chi connectivity index (χ0n) is 48.7. The van der Waals surface area contributed by atoms with Crippen LogP contribution in [0.2, 0.25) is 0 Å². The summed E-state index contributed by atoms with van der Waals surface area (Å²) in [6.45, 7) is 4.50. The van der Waals surface area contributed by atoms with E-state index in [1.54, 1.807) is 0 Å². The van der Waals surface area contributed by atoms with E-state index in [0.29, 0.717) is 19.3 Å². The maximum absolute atomic E-state index is 12.9. The molecule has 76 heavy (non-hydrogen) atoms. The number of aliphatic hydroxyl groups is 1. The number of carbonyl (C=O) groups excluding carboxylic acids is 3. The van der Waals surface area contributed by atoms with Gasteiger partial charge in [0, 0.05) is 19.3 Å². The van der Waals surface area contributed by atoms with Crippen LogP contribution in [0.5, 0.6) is 0 Å². The van der Waals surface area contributed by atoms with E-state index in [2.05, 4.69) is 93.7 Å². The predicted molar refractivity (Wildman–Crippen MR) is 316 cm³/mol. The van der Waals surface area contributed by atoms with Crippen molar-refractivity contribution in [2.75, 3.05) is 26.4 Å². The molecule has 12 heteroatoms. The summed E-state index contributed by atoms with van der Waals surface area (Å²) in [5.74, 6) is -1.50. The van der Waals surface area contributed by atoms with Crippen molar-refractivity contribution >= 4 is 25.7 Å². The summed E-state index contributed by atoms with van der Waals surface area (Å²) in [6, 6.07) is 0. The first-order valence-corrected chi connectivity index (χ1v) is 32.3. The van der Waals surface area contributed by atoms with Crippen LogP contribution in [-0.2, 0) is 42.2 Å². The van der Waals surface area contributed by atoms with Crippen LogP contribution in [0.4, 0.5) is 0 Å². The third-order valence-corrected chi connectivity index (χ3v) is 14.1. The first-order valence-electron chi connectivity index (χ1n) is 30.8. The second-order valence-electron chi connectivity index (χ2n) is 20.5. The second kappa shape index (κ2) is 58.1. The van der Waals surface area contributed by atoms with Crippen LogP contribution in [0.25, 0.3) is 0 Å². The van der Waals surface area contributed by atoms with Crippen molar-refractivity contribution in [1.29, 1.82) is 0 Å². The molecule has 0 saturated carbocycles. The lowest BCUT2D eigenvalue weighted by Gasteiger charge is -2.21. The molecule has 0 aromatic carbocycles. The van der Waals surface area contributed by atoms with Gasteiger partial charge in [-0.15, -0.1) is 0 Å². The van der Waals surface area contributed by atoms with Gasteiger partial charge in [-0.1, -0.05) is 241 Å². The number of rotatable bonds is 57. The molecule has 2 N–H and O–H groups in total. The Hall–Kier alpha value is -3.08. The lowest BCUT2D eigenvalue weighted by Crippen LogP contribution is -2.30. The Kier molecular flexibility index (Phi) is 55.7. The smallest absolute Gasteiger partial charge is 0.462 e. The Bertz CT molecular complexity index is 1550. The minimum Gasteiger partial charge on any atom is -0.462 e. The van der Waals surface area contributed by atoms with Crippen LogP contribution in [-0.4, -0.2) is 66.5 Å². The molecule has 3 atom stereocenters. The zero-order chi connectivity index (χ0) is 55.5. The van der Waals surface area contributed by atoms with Crippen LogP contribution in [0, 0.1) is 0 Å². The van der Waals surface area contributed by atoms with E-state index in [9.17, 15) is 28.9 Å². The van der Waals surface area contributed by atoms with Gasteiger partial charge >= 0.3 is 25.7 Å². The van der Waals surface area contributed by atoms with Crippen LogP contribution in [0.15, 0.2) is 72.9 Å². The SMILES string of the molecule is CC/C=C\C/C=C\C/C=C\C/C=C\CCCCCCC(=O)OC(COC(=O)CCCCCCCCCCCCCCCCCCC)COP(=O)(O)OCC(CO)OC(=O)CCCCCCC/C=C\C/C=C\CCCCC. The van der Waals surface area contributed by atoms with Gasteiger partial charge in [-0.2, -0.15) is 0 Å². The number of esters is 3. The molecule has 3 unspecified atom stereocenters. The van der Waals surface area contributed by atoms with Crippen molar-refractivity contribution in [3.8, 4) is 0 Å². The molecule has 440 valence electrons. The molecule has 0 radical (unpaired) electrons. The Labute approximate surface area is 465 Å². The predicted octanol–water partition coefficient (Wildman–Crippen LogP) is 18.5. The number of carbonyl (C=O) groups is 3. The fraction of sp³-hybridized carbons (Fsp3) is 0.766. The largest absolute Gasteiger partial charge is 0.472 e. The summed E-state index contributed by atoms with van der Waals surface area (Å²) >= 11 is 0. The molecule has 0 aliphatic rings. The summed E-state index contributed by atoms with van der Waals surface area (Å²) in [5, 5.41) is 9.83. The number of aliphatic hydroxyl groups excluding tert-OH is 1. The van der Waals surface area contributed by atoms with E-state index in [-0.39, 0.29) is 25.9 Å². The molecule has 0 spiro atoms. The maximum Gasteiger partial charge on any atom is 0.472 e. The summed E-state index contributed by atoms with van der Waals surface area (Å²) < 4.78 is 39.6. The molecule has 11 nitrogen and oxygen atoms in total. The first kappa shape index (κ1) is 72.9. The Balaban J connectivity index is 4.75. The third kappa shape index (κ3) is 55.7. The highest BCUT2D eigenvalue weighted by atomic mass is 31.2. The van der Waals surface area contributed by atoms with E-state index < -0.39 is 57.8 Å². The quantitative estimate of drug-likeness (QED) is 0.0197. The molecule has 0 rings (SSSR count). The van der Waals surface area contributed by atoms with Crippen molar-refractivity contribution in [1.82, 2.24) is 0 Å². The number of phosphoric ester groups is 1. The highest BCUT2D eigenvalue weighted by Gasteiger charge is 2.28. The zero-order valence-corrected chi connectivity index (χ0v) is 49.6. The number of phosphoric acid groups is 1. The van der Waals surface area contributed by atoms with E-state index in [1.807, 2.05) is 0 Å². The van der Waals surface area contributed by atoms with Crippen molar-refractivity contribution in [3.05, 3.63) is 72.9 Å². The van der Waals surface area contributed by atoms with Gasteiger partial charge in [-0.3, -0.25) is 23.4 Å². The molecule has 0 bridgehead atoms. The van der Waals surface area contributed by atoms with E-state index in [4.69, 9.17) is 23.3 Å². The van der Waals surface area contributed by atoms with E-state index in [0.717, 1.165) is 116 Å². The highest BCUT2D eigenvalue weighted by molar-refractivity contribution is 7.47. The molecule has 0 aromatic heterocycles. The fourth-order valence-electron chi connectivity index (χ4n) is 8.44. The lowest BCUT2D eigenvalue weighted by molar-refractivity contribution is -0.161. The molecule has 0 aromatic rings. The van der Waals surface area contributed by atoms with Gasteiger partial charge in [0.05, 0.1) is 19.8 Å². The fourth-order valence-corrected chi connectivity index (χ4v) is 9.22. The normalized spacial score (nSPS) is 13.8. The van der Waals surface area contributed by atoms with Gasteiger partial charge < -0.3 is 24.2 Å². The van der Waals surface area contributed by atoms with Gasteiger partial charge in [0.15, 0.2) is 6.10 Å². The van der Waals surface area contributed by atoms with Crippen LogP contribution in [0.1, 0.15) is 278 Å². The highest BCUT2D eigenvalue weighted by Crippen LogP contribution is 2.43. The number of hydrogen-bond acceptors (Lipinski definition) is 10. The van der Waals surface area contributed by atoms with Crippen LogP contribution in [0.3, 0.4) is 0 Å². The number of hydrogen-bond donors (Lipinski definition) is 2. The van der Waals surface area contributed by atoms with Crippen molar-refractivity contribution in [3.63, 3.8) is 0 Å². The number of ether oxygens (including phenoxy) is 3.